The zero-order valence-electron chi connectivity index (χ0n) is 10.9. The first-order valence-electron chi connectivity index (χ1n) is 6.64. The zero-order valence-corrected chi connectivity index (χ0v) is 10.9. The third kappa shape index (κ3) is 2.13. The monoisotopic (exact) mass is 226 g/mol. The van der Waals surface area contributed by atoms with E-state index in [0.29, 0.717) is 6.04 Å². The summed E-state index contributed by atoms with van der Waals surface area (Å²) >= 11 is 0. The molecule has 0 aromatic rings. The third-order valence-electron chi connectivity index (χ3n) is 4.95. The lowest BCUT2D eigenvalue weighted by Crippen LogP contribution is -2.45. The van der Waals surface area contributed by atoms with Crippen molar-refractivity contribution in [3.05, 3.63) is 0 Å². The van der Waals surface area contributed by atoms with Crippen molar-refractivity contribution in [2.24, 2.45) is 11.8 Å². The van der Waals surface area contributed by atoms with Gasteiger partial charge in [0.05, 0.1) is 6.61 Å². The number of nitrogens with zero attached hydrogens (tertiary/aromatic N) is 1. The van der Waals surface area contributed by atoms with Crippen molar-refractivity contribution in [2.45, 2.75) is 44.7 Å². The number of hydrogen-bond acceptors (Lipinski definition) is 3. The van der Waals surface area contributed by atoms with Crippen molar-refractivity contribution in [1.82, 2.24) is 10.2 Å². The molecule has 0 aromatic carbocycles. The Kier molecular flexibility index (Phi) is 3.57. The summed E-state index contributed by atoms with van der Waals surface area (Å²) in [4.78, 5) is 2.64. The minimum atomic E-state index is -0.000265. The minimum Gasteiger partial charge on any atom is -0.394 e. The van der Waals surface area contributed by atoms with E-state index in [0.717, 1.165) is 24.7 Å². The van der Waals surface area contributed by atoms with Gasteiger partial charge in [-0.15, -0.1) is 0 Å². The van der Waals surface area contributed by atoms with Gasteiger partial charge in [0.25, 0.3) is 0 Å². The molecule has 1 saturated carbocycles. The first-order chi connectivity index (χ1) is 7.60. The maximum atomic E-state index is 9.50. The molecule has 1 aliphatic carbocycles. The maximum Gasteiger partial charge on any atom is 0.0613 e. The molecule has 2 aliphatic rings. The Morgan fingerprint density at radius 3 is 2.38 bits per heavy atom. The second-order valence-corrected chi connectivity index (χ2v) is 5.99. The number of aliphatic hydroxyl groups is 1. The van der Waals surface area contributed by atoms with E-state index in [2.05, 4.69) is 24.1 Å². The summed E-state index contributed by atoms with van der Waals surface area (Å²) in [5.41, 5.74) is -0.000265. The molecular formula is C13H26N2O. The van der Waals surface area contributed by atoms with Crippen LogP contribution in [0, 0.1) is 11.8 Å². The molecule has 0 radical (unpaired) electrons. The summed E-state index contributed by atoms with van der Waals surface area (Å²) in [6.45, 7) is 7.49. The summed E-state index contributed by atoms with van der Waals surface area (Å²) in [6, 6.07) is 0.687. The van der Waals surface area contributed by atoms with Gasteiger partial charge in [-0.05, 0) is 38.1 Å². The molecule has 1 heterocycles. The highest BCUT2D eigenvalue weighted by molar-refractivity contribution is 5.00. The van der Waals surface area contributed by atoms with Crippen LogP contribution in [0.15, 0.2) is 0 Å². The average molecular weight is 226 g/mol. The molecule has 3 nitrogen and oxygen atoms in total. The summed E-state index contributed by atoms with van der Waals surface area (Å²) in [6.07, 6.45) is 3.46. The molecule has 4 unspecified atom stereocenters. The van der Waals surface area contributed by atoms with Crippen LogP contribution in [-0.4, -0.2) is 48.3 Å². The molecule has 3 heteroatoms. The van der Waals surface area contributed by atoms with Gasteiger partial charge in [0, 0.05) is 24.7 Å². The molecule has 94 valence electrons. The lowest BCUT2D eigenvalue weighted by Gasteiger charge is -2.29. The summed E-state index contributed by atoms with van der Waals surface area (Å²) < 4.78 is 0. The van der Waals surface area contributed by atoms with E-state index in [-0.39, 0.29) is 12.1 Å². The Labute approximate surface area is 99.2 Å². The highest BCUT2D eigenvalue weighted by Crippen LogP contribution is 2.36. The van der Waals surface area contributed by atoms with Crippen LogP contribution in [0.4, 0.5) is 0 Å². The smallest absolute Gasteiger partial charge is 0.0613 e. The van der Waals surface area contributed by atoms with Crippen LogP contribution in [0.2, 0.25) is 0 Å². The fraction of sp³-hybridized carbons (Fsp3) is 1.00. The molecule has 0 bridgehead atoms. The van der Waals surface area contributed by atoms with Gasteiger partial charge in [-0.3, -0.25) is 4.90 Å². The zero-order chi connectivity index (χ0) is 11.8. The highest BCUT2D eigenvalue weighted by Gasteiger charge is 2.42. The second-order valence-electron chi connectivity index (χ2n) is 5.99. The second kappa shape index (κ2) is 4.63. The Balaban J connectivity index is 1.94. The Hall–Kier alpha value is -0.120. The van der Waals surface area contributed by atoms with Gasteiger partial charge in [0.15, 0.2) is 0 Å². The van der Waals surface area contributed by atoms with Crippen molar-refractivity contribution in [2.75, 3.05) is 26.7 Å². The molecule has 0 amide bonds. The number of likely N-dealkylation sites (N-methyl/N-ethyl adjacent to an activating group) is 1. The molecular weight excluding hydrogens is 200 g/mol. The summed E-state index contributed by atoms with van der Waals surface area (Å²) in [7, 11) is 1.98. The minimum absolute atomic E-state index is 0.000265. The Morgan fingerprint density at radius 1 is 1.31 bits per heavy atom. The predicted octanol–water partition coefficient (Wildman–Crippen LogP) is 1.08. The fourth-order valence-electron chi connectivity index (χ4n) is 3.33. The fourth-order valence-corrected chi connectivity index (χ4v) is 3.33. The summed E-state index contributed by atoms with van der Waals surface area (Å²) in [5.74, 6) is 1.66. The van der Waals surface area contributed by atoms with Gasteiger partial charge in [-0.1, -0.05) is 13.8 Å². The van der Waals surface area contributed by atoms with E-state index >= 15 is 0 Å². The number of hydrogen-bond donors (Lipinski definition) is 2. The quantitative estimate of drug-likeness (QED) is 0.756. The van der Waals surface area contributed by atoms with Crippen LogP contribution in [0.3, 0.4) is 0 Å². The van der Waals surface area contributed by atoms with Gasteiger partial charge in [0.2, 0.25) is 0 Å². The van der Waals surface area contributed by atoms with Crippen LogP contribution < -0.4 is 5.32 Å². The van der Waals surface area contributed by atoms with E-state index < -0.39 is 0 Å². The molecule has 2 fully saturated rings. The van der Waals surface area contributed by atoms with Gasteiger partial charge in [-0.25, -0.2) is 0 Å². The van der Waals surface area contributed by atoms with Crippen LogP contribution in [0.1, 0.15) is 33.1 Å². The first-order valence-corrected chi connectivity index (χ1v) is 6.64. The van der Waals surface area contributed by atoms with E-state index in [9.17, 15) is 5.11 Å². The number of nitrogens with one attached hydrogen (secondary N) is 1. The van der Waals surface area contributed by atoms with Crippen LogP contribution >= 0.6 is 0 Å². The molecule has 1 aliphatic heterocycles. The topological polar surface area (TPSA) is 35.5 Å². The normalized spacial score (nSPS) is 45.4. The molecule has 0 spiro atoms. The van der Waals surface area contributed by atoms with Crippen molar-refractivity contribution < 1.29 is 5.11 Å². The van der Waals surface area contributed by atoms with E-state index in [1.807, 2.05) is 7.05 Å². The number of aliphatic hydroxyl groups excluding tert-OH is 1. The van der Waals surface area contributed by atoms with Crippen LogP contribution in [0.25, 0.3) is 0 Å². The van der Waals surface area contributed by atoms with E-state index in [1.54, 1.807) is 0 Å². The largest absolute Gasteiger partial charge is 0.394 e. The van der Waals surface area contributed by atoms with Gasteiger partial charge >= 0.3 is 0 Å². The molecule has 2 N–H and O–H groups in total. The molecule has 4 atom stereocenters. The lowest BCUT2D eigenvalue weighted by molar-refractivity contribution is 0.155. The maximum absolute atomic E-state index is 9.50. The molecule has 2 rings (SSSR count). The Bertz CT molecular complexity index is 230. The van der Waals surface area contributed by atoms with Crippen LogP contribution in [-0.2, 0) is 0 Å². The predicted molar refractivity (Wildman–Crippen MR) is 66.4 cm³/mol. The third-order valence-corrected chi connectivity index (χ3v) is 4.95. The number of rotatable bonds is 3. The van der Waals surface area contributed by atoms with E-state index in [4.69, 9.17) is 0 Å². The van der Waals surface area contributed by atoms with Gasteiger partial charge in [0.1, 0.15) is 0 Å². The standard InChI is InChI=1S/C13H26N2O/c1-10-7-15(8-11(10)2)12-4-5-13(6-12,9-16)14-3/h10-12,14,16H,4-9H2,1-3H3. The highest BCUT2D eigenvalue weighted by atomic mass is 16.3. The SMILES string of the molecule is CNC1(CO)CCC(N2CC(C)C(C)C2)C1. The van der Waals surface area contributed by atoms with Crippen molar-refractivity contribution in [1.29, 1.82) is 0 Å². The van der Waals surface area contributed by atoms with Crippen molar-refractivity contribution in [3.8, 4) is 0 Å². The van der Waals surface area contributed by atoms with Gasteiger partial charge in [-0.2, -0.15) is 0 Å². The first kappa shape index (κ1) is 12.3. The van der Waals surface area contributed by atoms with Crippen LogP contribution in [0.5, 0.6) is 0 Å². The lowest BCUT2D eigenvalue weighted by atomic mass is 9.99. The summed E-state index contributed by atoms with van der Waals surface area (Å²) in [5, 5.41) is 12.8. The van der Waals surface area contributed by atoms with Crippen molar-refractivity contribution >= 4 is 0 Å². The molecule has 16 heavy (non-hydrogen) atoms. The van der Waals surface area contributed by atoms with Crippen molar-refractivity contribution in [3.63, 3.8) is 0 Å². The Morgan fingerprint density at radius 2 is 1.94 bits per heavy atom. The average Bonchev–Trinajstić information content (AvgIpc) is 2.85. The van der Waals surface area contributed by atoms with Gasteiger partial charge < -0.3 is 10.4 Å². The van der Waals surface area contributed by atoms with E-state index in [1.165, 1.54) is 19.5 Å². The number of likely N-dealkylation sites (tertiary alicyclic amines) is 1. The molecule has 1 saturated heterocycles. The molecule has 0 aromatic heterocycles.